The van der Waals surface area contributed by atoms with E-state index < -0.39 is 0 Å². The van der Waals surface area contributed by atoms with Gasteiger partial charge in [0, 0.05) is 5.41 Å². The fraction of sp³-hybridized carbons (Fsp3) is 0.529. The Kier molecular flexibility index (Phi) is 3.86. The van der Waals surface area contributed by atoms with E-state index in [1.807, 2.05) is 6.33 Å². The molecule has 0 spiro atoms. The lowest BCUT2D eigenvalue weighted by atomic mass is 9.64. The van der Waals surface area contributed by atoms with Crippen molar-refractivity contribution in [3.63, 3.8) is 0 Å². The van der Waals surface area contributed by atoms with E-state index in [4.69, 9.17) is 0 Å². The molecule has 3 heteroatoms. The summed E-state index contributed by atoms with van der Waals surface area (Å²) in [5.74, 6) is 0. The van der Waals surface area contributed by atoms with Gasteiger partial charge in [-0.3, -0.25) is 0 Å². The fourth-order valence-corrected chi connectivity index (χ4v) is 3.97. The van der Waals surface area contributed by atoms with Gasteiger partial charge < -0.3 is 0 Å². The Morgan fingerprint density at radius 1 is 1.25 bits per heavy atom. The molecule has 1 heterocycles. The summed E-state index contributed by atoms with van der Waals surface area (Å²) in [5, 5.41) is 4.45. The molecule has 1 aromatic heterocycles. The quantitative estimate of drug-likeness (QED) is 0.835. The van der Waals surface area contributed by atoms with Crippen LogP contribution in [0.4, 0.5) is 0 Å². The van der Waals surface area contributed by atoms with Crippen LogP contribution in [-0.2, 0) is 5.41 Å². The van der Waals surface area contributed by atoms with E-state index in [9.17, 15) is 0 Å². The van der Waals surface area contributed by atoms with Crippen molar-refractivity contribution in [2.24, 2.45) is 0 Å². The molecule has 2 atom stereocenters. The van der Waals surface area contributed by atoms with Crippen molar-refractivity contribution in [3.05, 3.63) is 48.5 Å². The smallest absolute Gasteiger partial charge is 0.137 e. The van der Waals surface area contributed by atoms with Gasteiger partial charge in [-0.25, -0.2) is 9.67 Å². The molecular formula is C17H23N3. The molecule has 0 bridgehead atoms. The number of hydrogen-bond donors (Lipinski definition) is 0. The Morgan fingerprint density at radius 3 is 2.80 bits per heavy atom. The molecule has 1 fully saturated rings. The maximum absolute atomic E-state index is 4.45. The van der Waals surface area contributed by atoms with E-state index in [0.717, 1.165) is 0 Å². The summed E-state index contributed by atoms with van der Waals surface area (Å²) >= 11 is 0. The van der Waals surface area contributed by atoms with Gasteiger partial charge in [-0.15, -0.1) is 0 Å². The minimum absolute atomic E-state index is 0.224. The third kappa shape index (κ3) is 2.26. The number of rotatable bonds is 4. The summed E-state index contributed by atoms with van der Waals surface area (Å²) in [4.78, 5) is 4.17. The van der Waals surface area contributed by atoms with Crippen molar-refractivity contribution in [3.8, 4) is 0 Å². The number of nitrogens with zero attached hydrogens (tertiary/aromatic N) is 3. The first kappa shape index (κ1) is 13.3. The van der Waals surface area contributed by atoms with Gasteiger partial charge >= 0.3 is 0 Å². The first-order valence-corrected chi connectivity index (χ1v) is 7.76. The highest BCUT2D eigenvalue weighted by Gasteiger charge is 2.42. The molecule has 1 aromatic carbocycles. The molecule has 3 nitrogen and oxygen atoms in total. The largest absolute Gasteiger partial charge is 0.249 e. The van der Waals surface area contributed by atoms with E-state index in [1.165, 1.54) is 44.1 Å². The van der Waals surface area contributed by atoms with E-state index in [2.05, 4.69) is 52.0 Å². The summed E-state index contributed by atoms with van der Waals surface area (Å²) in [6.07, 6.45) is 11.1. The van der Waals surface area contributed by atoms with Gasteiger partial charge in [-0.1, -0.05) is 56.5 Å². The molecule has 106 valence electrons. The monoisotopic (exact) mass is 269 g/mol. The zero-order valence-corrected chi connectivity index (χ0v) is 12.2. The minimum atomic E-state index is 0.224. The summed E-state index contributed by atoms with van der Waals surface area (Å²) < 4.78 is 2.10. The van der Waals surface area contributed by atoms with Crippen molar-refractivity contribution >= 4 is 0 Å². The van der Waals surface area contributed by atoms with Crippen LogP contribution in [-0.4, -0.2) is 14.8 Å². The average molecular weight is 269 g/mol. The van der Waals surface area contributed by atoms with Gasteiger partial charge in [0.2, 0.25) is 0 Å². The van der Waals surface area contributed by atoms with Crippen molar-refractivity contribution < 1.29 is 0 Å². The third-order valence-corrected chi connectivity index (χ3v) is 4.79. The second-order valence-electron chi connectivity index (χ2n) is 5.91. The Bertz CT molecular complexity index is 516. The lowest BCUT2D eigenvalue weighted by Gasteiger charge is -2.44. The predicted molar refractivity (Wildman–Crippen MR) is 80.6 cm³/mol. The second-order valence-corrected chi connectivity index (χ2v) is 5.91. The van der Waals surface area contributed by atoms with Crippen LogP contribution in [0.2, 0.25) is 0 Å². The van der Waals surface area contributed by atoms with Crippen LogP contribution in [0.1, 0.15) is 57.1 Å². The van der Waals surface area contributed by atoms with Gasteiger partial charge in [0.15, 0.2) is 0 Å². The molecule has 0 saturated heterocycles. The Balaban J connectivity index is 2.06. The SMILES string of the molecule is CCCC1(c2ccccc2)CCCCC1n1cncn1. The van der Waals surface area contributed by atoms with Gasteiger partial charge in [0.1, 0.15) is 12.7 Å². The number of aromatic nitrogens is 3. The maximum Gasteiger partial charge on any atom is 0.137 e. The lowest BCUT2D eigenvalue weighted by molar-refractivity contribution is 0.161. The van der Waals surface area contributed by atoms with Crippen LogP contribution in [0.25, 0.3) is 0 Å². The molecule has 2 aromatic rings. The normalized spacial score (nSPS) is 26.6. The molecule has 1 aliphatic rings. The maximum atomic E-state index is 4.45. The molecule has 1 saturated carbocycles. The number of benzene rings is 1. The van der Waals surface area contributed by atoms with Gasteiger partial charge in [0.05, 0.1) is 6.04 Å². The highest BCUT2D eigenvalue weighted by atomic mass is 15.3. The molecule has 2 unspecified atom stereocenters. The van der Waals surface area contributed by atoms with Crippen molar-refractivity contribution in [2.45, 2.75) is 56.9 Å². The molecule has 0 aliphatic heterocycles. The first-order valence-electron chi connectivity index (χ1n) is 7.76. The highest BCUT2D eigenvalue weighted by molar-refractivity contribution is 5.28. The molecule has 0 radical (unpaired) electrons. The molecule has 20 heavy (non-hydrogen) atoms. The Labute approximate surface area is 121 Å². The van der Waals surface area contributed by atoms with Crippen LogP contribution in [0, 0.1) is 0 Å². The number of hydrogen-bond acceptors (Lipinski definition) is 2. The zero-order valence-electron chi connectivity index (χ0n) is 12.2. The van der Waals surface area contributed by atoms with Crippen LogP contribution < -0.4 is 0 Å². The Morgan fingerprint density at radius 2 is 2.10 bits per heavy atom. The van der Waals surface area contributed by atoms with E-state index in [1.54, 1.807) is 6.33 Å². The summed E-state index contributed by atoms with van der Waals surface area (Å²) in [6.45, 7) is 2.29. The van der Waals surface area contributed by atoms with Gasteiger partial charge in [-0.05, 0) is 24.8 Å². The highest BCUT2D eigenvalue weighted by Crippen LogP contribution is 2.49. The fourth-order valence-electron chi connectivity index (χ4n) is 3.97. The third-order valence-electron chi connectivity index (χ3n) is 4.79. The zero-order chi connectivity index (χ0) is 13.8. The molecule has 0 N–H and O–H groups in total. The first-order chi connectivity index (χ1) is 9.87. The summed E-state index contributed by atoms with van der Waals surface area (Å²) in [6, 6.07) is 11.5. The lowest BCUT2D eigenvalue weighted by Crippen LogP contribution is -2.40. The molecule has 1 aliphatic carbocycles. The molecular weight excluding hydrogens is 246 g/mol. The standard InChI is InChI=1S/C17H23N3/c1-2-11-17(15-8-4-3-5-9-15)12-7-6-10-16(17)20-14-18-13-19-20/h3-5,8-9,13-14,16H,2,6-7,10-12H2,1H3. The van der Waals surface area contributed by atoms with Gasteiger partial charge in [-0.2, -0.15) is 5.10 Å². The van der Waals surface area contributed by atoms with Crippen molar-refractivity contribution in [1.82, 2.24) is 14.8 Å². The second kappa shape index (κ2) is 5.78. The van der Waals surface area contributed by atoms with Crippen molar-refractivity contribution in [2.75, 3.05) is 0 Å². The van der Waals surface area contributed by atoms with E-state index in [0.29, 0.717) is 6.04 Å². The Hall–Kier alpha value is -1.64. The van der Waals surface area contributed by atoms with Gasteiger partial charge in [0.25, 0.3) is 0 Å². The summed E-state index contributed by atoms with van der Waals surface area (Å²) in [7, 11) is 0. The van der Waals surface area contributed by atoms with Crippen molar-refractivity contribution in [1.29, 1.82) is 0 Å². The molecule has 0 amide bonds. The minimum Gasteiger partial charge on any atom is -0.249 e. The van der Waals surface area contributed by atoms with Crippen LogP contribution in [0.3, 0.4) is 0 Å². The van der Waals surface area contributed by atoms with Crippen LogP contribution in [0.15, 0.2) is 43.0 Å². The predicted octanol–water partition coefficient (Wildman–Crippen LogP) is 4.13. The van der Waals surface area contributed by atoms with Crippen LogP contribution >= 0.6 is 0 Å². The molecule has 3 rings (SSSR count). The summed E-state index contributed by atoms with van der Waals surface area (Å²) in [5.41, 5.74) is 1.70. The van der Waals surface area contributed by atoms with Crippen LogP contribution in [0.5, 0.6) is 0 Å². The average Bonchev–Trinajstić information content (AvgIpc) is 3.03. The van der Waals surface area contributed by atoms with E-state index >= 15 is 0 Å². The topological polar surface area (TPSA) is 30.7 Å². The van der Waals surface area contributed by atoms with E-state index in [-0.39, 0.29) is 5.41 Å².